The van der Waals surface area contributed by atoms with Crippen molar-refractivity contribution in [2.24, 2.45) is 5.92 Å². The third-order valence-electron chi connectivity index (χ3n) is 4.84. The van der Waals surface area contributed by atoms with Crippen LogP contribution in [0.5, 0.6) is 5.75 Å². The molecular weight excluding hydrogens is 404 g/mol. The molecule has 0 spiro atoms. The molecule has 2 aromatic carbocycles. The number of nitrogens with zero attached hydrogens (tertiary/aromatic N) is 2. The van der Waals surface area contributed by atoms with Crippen molar-refractivity contribution in [2.45, 2.75) is 6.42 Å². The fraction of sp³-hybridized carbons (Fsp3) is 0.238. The lowest BCUT2D eigenvalue weighted by Crippen LogP contribution is -2.37. The molecule has 0 aliphatic carbocycles. The summed E-state index contributed by atoms with van der Waals surface area (Å²) >= 11 is 1.37. The van der Waals surface area contributed by atoms with Crippen LogP contribution in [0.4, 0.5) is 10.8 Å². The van der Waals surface area contributed by atoms with E-state index in [1.165, 1.54) is 11.3 Å². The summed E-state index contributed by atoms with van der Waals surface area (Å²) in [6, 6.07) is 14.7. The zero-order valence-electron chi connectivity index (χ0n) is 16.3. The van der Waals surface area contributed by atoms with Gasteiger partial charge in [0, 0.05) is 18.7 Å². The summed E-state index contributed by atoms with van der Waals surface area (Å²) in [7, 11) is 1.57. The van der Waals surface area contributed by atoms with E-state index in [0.29, 0.717) is 16.6 Å². The maximum Gasteiger partial charge on any atom is 0.245 e. The molecule has 3 aromatic rings. The zero-order valence-corrected chi connectivity index (χ0v) is 17.1. The third kappa shape index (κ3) is 4.25. The van der Waals surface area contributed by atoms with Crippen molar-refractivity contribution in [3.63, 3.8) is 0 Å². The van der Waals surface area contributed by atoms with Crippen molar-refractivity contribution in [1.82, 2.24) is 10.3 Å². The number of carbonyl (C=O) groups is 3. The number of fused-ring (bicyclic) bond motifs is 1. The first-order valence-corrected chi connectivity index (χ1v) is 10.2. The molecule has 9 heteroatoms. The number of benzene rings is 2. The van der Waals surface area contributed by atoms with E-state index in [2.05, 4.69) is 15.6 Å². The molecule has 30 heavy (non-hydrogen) atoms. The lowest BCUT2D eigenvalue weighted by atomic mass is 10.1. The first-order chi connectivity index (χ1) is 14.5. The molecule has 1 atom stereocenters. The monoisotopic (exact) mass is 424 g/mol. The predicted octanol–water partition coefficient (Wildman–Crippen LogP) is 2.41. The van der Waals surface area contributed by atoms with Gasteiger partial charge in [0.1, 0.15) is 5.75 Å². The smallest absolute Gasteiger partial charge is 0.245 e. The number of methoxy groups -OCH3 is 1. The molecule has 1 aromatic heterocycles. The van der Waals surface area contributed by atoms with E-state index in [9.17, 15) is 14.4 Å². The van der Waals surface area contributed by atoms with E-state index < -0.39 is 5.92 Å². The molecule has 0 saturated carbocycles. The maximum atomic E-state index is 12.5. The van der Waals surface area contributed by atoms with E-state index in [4.69, 9.17) is 4.74 Å². The second-order valence-electron chi connectivity index (χ2n) is 6.86. The number of aromatic nitrogens is 1. The highest BCUT2D eigenvalue weighted by molar-refractivity contribution is 7.22. The van der Waals surface area contributed by atoms with Gasteiger partial charge in [0.25, 0.3) is 0 Å². The number of carbonyl (C=O) groups excluding carboxylic acids is 3. The highest BCUT2D eigenvalue weighted by atomic mass is 32.1. The van der Waals surface area contributed by atoms with Crippen LogP contribution in [0.3, 0.4) is 0 Å². The minimum atomic E-state index is -0.505. The molecule has 1 fully saturated rings. The SMILES string of the molecule is COc1ccc(N2C[C@@H](C(=O)NCC(=O)Nc3nc4ccccc4s3)CC2=O)cc1. The molecule has 0 bridgehead atoms. The van der Waals surface area contributed by atoms with Gasteiger partial charge in [-0.25, -0.2) is 4.98 Å². The lowest BCUT2D eigenvalue weighted by molar-refractivity contribution is -0.127. The van der Waals surface area contributed by atoms with Crippen molar-refractivity contribution < 1.29 is 19.1 Å². The number of hydrogen-bond acceptors (Lipinski definition) is 6. The van der Waals surface area contributed by atoms with Crippen LogP contribution in [0.2, 0.25) is 0 Å². The minimum absolute atomic E-state index is 0.108. The van der Waals surface area contributed by atoms with Crippen molar-refractivity contribution >= 4 is 50.1 Å². The molecule has 0 unspecified atom stereocenters. The average Bonchev–Trinajstić information content (AvgIpc) is 3.35. The molecule has 154 valence electrons. The van der Waals surface area contributed by atoms with Crippen LogP contribution in [-0.4, -0.2) is 42.9 Å². The second kappa shape index (κ2) is 8.50. The summed E-state index contributed by atoms with van der Waals surface area (Å²) in [5.41, 5.74) is 1.52. The Hall–Kier alpha value is -3.46. The van der Waals surface area contributed by atoms with Gasteiger partial charge < -0.3 is 20.3 Å². The molecule has 1 aliphatic heterocycles. The number of nitrogens with one attached hydrogen (secondary N) is 2. The Kier molecular flexibility index (Phi) is 5.62. The fourth-order valence-corrected chi connectivity index (χ4v) is 4.18. The van der Waals surface area contributed by atoms with Crippen LogP contribution in [0.1, 0.15) is 6.42 Å². The Balaban J connectivity index is 1.30. The Bertz CT molecular complexity index is 1060. The quantitative estimate of drug-likeness (QED) is 0.633. The fourth-order valence-electron chi connectivity index (χ4n) is 3.30. The topological polar surface area (TPSA) is 101 Å². The largest absolute Gasteiger partial charge is 0.497 e. The molecule has 4 rings (SSSR count). The number of amides is 3. The lowest BCUT2D eigenvalue weighted by Gasteiger charge is -2.17. The van der Waals surface area contributed by atoms with Crippen LogP contribution in [0.15, 0.2) is 48.5 Å². The molecule has 1 aliphatic rings. The van der Waals surface area contributed by atoms with Gasteiger partial charge in [-0.05, 0) is 36.4 Å². The molecule has 2 N–H and O–H groups in total. The van der Waals surface area contributed by atoms with E-state index in [1.54, 1.807) is 36.3 Å². The summed E-state index contributed by atoms with van der Waals surface area (Å²) < 4.78 is 6.10. The van der Waals surface area contributed by atoms with Gasteiger partial charge >= 0.3 is 0 Å². The number of hydrogen-bond donors (Lipinski definition) is 2. The van der Waals surface area contributed by atoms with Gasteiger partial charge in [-0.1, -0.05) is 23.5 Å². The summed E-state index contributed by atoms with van der Waals surface area (Å²) in [6.07, 6.45) is 0.108. The highest BCUT2D eigenvalue weighted by Crippen LogP contribution is 2.27. The van der Waals surface area contributed by atoms with E-state index in [1.807, 2.05) is 24.3 Å². The summed E-state index contributed by atoms with van der Waals surface area (Å²) in [6.45, 7) is 0.0957. The normalized spacial score (nSPS) is 16.0. The van der Waals surface area contributed by atoms with Gasteiger partial charge in [0.2, 0.25) is 17.7 Å². The average molecular weight is 424 g/mol. The van der Waals surface area contributed by atoms with E-state index in [-0.39, 0.29) is 37.2 Å². The first-order valence-electron chi connectivity index (χ1n) is 9.41. The minimum Gasteiger partial charge on any atom is -0.497 e. The summed E-state index contributed by atoms with van der Waals surface area (Å²) in [5, 5.41) is 5.80. The number of anilines is 2. The van der Waals surface area contributed by atoms with E-state index >= 15 is 0 Å². The first kappa shape index (κ1) is 19.8. The molecule has 8 nitrogen and oxygen atoms in total. The number of rotatable bonds is 6. The van der Waals surface area contributed by atoms with Gasteiger partial charge in [-0.15, -0.1) is 0 Å². The molecule has 0 radical (unpaired) electrons. The van der Waals surface area contributed by atoms with Gasteiger partial charge in [-0.2, -0.15) is 0 Å². The van der Waals surface area contributed by atoms with Gasteiger partial charge in [0.05, 0.1) is 29.8 Å². The molecule has 3 amide bonds. The Morgan fingerprint density at radius 1 is 1.20 bits per heavy atom. The summed E-state index contributed by atoms with van der Waals surface area (Å²) in [4.78, 5) is 42.9. The van der Waals surface area contributed by atoms with Crippen molar-refractivity contribution in [3.8, 4) is 5.75 Å². The molecular formula is C21H20N4O4S. The van der Waals surface area contributed by atoms with E-state index in [0.717, 1.165) is 10.2 Å². The van der Waals surface area contributed by atoms with Crippen LogP contribution in [-0.2, 0) is 14.4 Å². The predicted molar refractivity (Wildman–Crippen MR) is 115 cm³/mol. The van der Waals surface area contributed by atoms with Crippen molar-refractivity contribution in [2.75, 3.05) is 30.4 Å². The number of ether oxygens (including phenoxy) is 1. The summed E-state index contributed by atoms with van der Waals surface area (Å²) in [5.74, 6) is -0.620. The van der Waals surface area contributed by atoms with Crippen LogP contribution in [0.25, 0.3) is 10.2 Å². The van der Waals surface area contributed by atoms with Crippen LogP contribution < -0.4 is 20.3 Å². The standard InChI is InChI=1S/C21H20N4O4S/c1-29-15-8-6-14(7-9-15)25-12-13(10-19(25)27)20(28)22-11-18(26)24-21-23-16-4-2-3-5-17(16)30-21/h2-9,13H,10-12H2,1H3,(H,22,28)(H,23,24,26)/t13-/m0/s1. The highest BCUT2D eigenvalue weighted by Gasteiger charge is 2.35. The van der Waals surface area contributed by atoms with Gasteiger partial charge in [0.15, 0.2) is 5.13 Å². The number of thiazole rings is 1. The van der Waals surface area contributed by atoms with Crippen molar-refractivity contribution in [3.05, 3.63) is 48.5 Å². The van der Waals surface area contributed by atoms with Crippen molar-refractivity contribution in [1.29, 1.82) is 0 Å². The molecule has 1 saturated heterocycles. The molecule has 2 heterocycles. The van der Waals surface area contributed by atoms with Crippen LogP contribution >= 0.6 is 11.3 Å². The Morgan fingerprint density at radius 2 is 1.97 bits per heavy atom. The maximum absolute atomic E-state index is 12.5. The van der Waals surface area contributed by atoms with Crippen LogP contribution in [0, 0.1) is 5.92 Å². The zero-order chi connectivity index (χ0) is 21.1. The van der Waals surface area contributed by atoms with Gasteiger partial charge in [-0.3, -0.25) is 14.4 Å². The Labute approximate surface area is 176 Å². The Morgan fingerprint density at radius 3 is 2.70 bits per heavy atom. The number of para-hydroxylation sites is 1. The third-order valence-corrected chi connectivity index (χ3v) is 5.80. The second-order valence-corrected chi connectivity index (χ2v) is 7.89.